The number of phosphoric ester groups is 1. The van der Waals surface area contributed by atoms with Crippen LogP contribution < -0.4 is 5.32 Å². The van der Waals surface area contributed by atoms with Crippen LogP contribution in [0.4, 0.5) is 0 Å². The Bertz CT molecular complexity index is 1040. The van der Waals surface area contributed by atoms with E-state index in [1.807, 2.05) is 21.1 Å². The second-order valence-electron chi connectivity index (χ2n) is 20.3. The van der Waals surface area contributed by atoms with Crippen molar-refractivity contribution in [1.29, 1.82) is 0 Å². The van der Waals surface area contributed by atoms with E-state index in [4.69, 9.17) is 9.05 Å². The van der Waals surface area contributed by atoms with Crippen LogP contribution in [0.3, 0.4) is 0 Å². The fourth-order valence-electron chi connectivity index (χ4n) is 8.40. The molecule has 0 saturated carbocycles. The standard InChI is InChI=1S/C54H109N2O6P/c1-6-8-10-12-14-16-18-20-22-23-24-25-26-27-28-29-30-31-32-34-35-37-39-41-43-45-47-53(57)52(51-62-63(59,60)61-50-49-56(3,4)5)55-54(58)48-46-44-42-40-38-36-33-21-19-17-15-13-11-9-7-2/h21,33,52-53,57H,6-20,22-32,34-51H2,1-5H3,(H-,55,58,59,60)/p+1/b33-21-. The number of hydrogen-bond donors (Lipinski definition) is 3. The molecular formula is C54H110N2O6P+. The average molecular weight is 914 g/mol. The van der Waals surface area contributed by atoms with Crippen LogP contribution in [0.25, 0.3) is 0 Å². The van der Waals surface area contributed by atoms with Gasteiger partial charge < -0.3 is 19.8 Å². The number of unbranched alkanes of at least 4 members (excludes halogenated alkanes) is 36. The van der Waals surface area contributed by atoms with Gasteiger partial charge >= 0.3 is 7.82 Å². The van der Waals surface area contributed by atoms with Crippen molar-refractivity contribution in [2.75, 3.05) is 40.9 Å². The Balaban J connectivity index is 4.13. The number of nitrogens with zero attached hydrogens (tertiary/aromatic N) is 1. The molecule has 0 spiro atoms. The lowest BCUT2D eigenvalue weighted by Gasteiger charge is -2.26. The van der Waals surface area contributed by atoms with E-state index in [9.17, 15) is 19.4 Å². The highest BCUT2D eigenvalue weighted by molar-refractivity contribution is 7.47. The van der Waals surface area contributed by atoms with Gasteiger partial charge in [-0.25, -0.2) is 4.57 Å². The first-order valence-electron chi connectivity index (χ1n) is 27.6. The number of amides is 1. The number of carbonyl (C=O) groups is 1. The van der Waals surface area contributed by atoms with Crippen LogP contribution in [0.5, 0.6) is 0 Å². The molecule has 0 heterocycles. The first-order chi connectivity index (χ1) is 30.5. The van der Waals surface area contributed by atoms with Gasteiger partial charge in [0.05, 0.1) is 39.9 Å². The van der Waals surface area contributed by atoms with Crippen LogP contribution >= 0.6 is 7.82 Å². The number of aliphatic hydroxyl groups is 1. The van der Waals surface area contributed by atoms with E-state index in [-0.39, 0.29) is 19.1 Å². The molecule has 0 radical (unpaired) electrons. The van der Waals surface area contributed by atoms with Gasteiger partial charge in [-0.2, -0.15) is 0 Å². The minimum absolute atomic E-state index is 0.0753. The van der Waals surface area contributed by atoms with Gasteiger partial charge in [-0.1, -0.05) is 244 Å². The lowest BCUT2D eigenvalue weighted by Crippen LogP contribution is -2.46. The summed E-state index contributed by atoms with van der Waals surface area (Å²) >= 11 is 0. The fourth-order valence-corrected chi connectivity index (χ4v) is 9.13. The summed E-state index contributed by atoms with van der Waals surface area (Å²) in [7, 11) is 1.62. The first kappa shape index (κ1) is 62.2. The fraction of sp³-hybridized carbons (Fsp3) is 0.944. The quantitative estimate of drug-likeness (QED) is 0.0243. The molecule has 3 N–H and O–H groups in total. The van der Waals surface area contributed by atoms with Crippen LogP contribution in [0.15, 0.2) is 12.2 Å². The molecule has 0 aromatic heterocycles. The maximum Gasteiger partial charge on any atom is 0.472 e. The summed E-state index contributed by atoms with van der Waals surface area (Å²) in [6, 6.07) is -0.762. The second-order valence-corrected chi connectivity index (χ2v) is 21.8. The monoisotopic (exact) mass is 914 g/mol. The molecule has 0 aliphatic heterocycles. The second kappa shape index (κ2) is 46.4. The SMILES string of the molecule is CCCCCCCC/C=C\CCCCCCCC(=O)NC(COP(=O)(O)OCC[N+](C)(C)C)C(O)CCCCCCCCCCCCCCCCCCCCCCCCCCCC. The minimum atomic E-state index is -4.32. The van der Waals surface area contributed by atoms with Crippen LogP contribution in [-0.4, -0.2) is 73.4 Å². The van der Waals surface area contributed by atoms with Gasteiger partial charge in [-0.3, -0.25) is 13.8 Å². The summed E-state index contributed by atoms with van der Waals surface area (Å²) < 4.78 is 23.7. The summed E-state index contributed by atoms with van der Waals surface area (Å²) in [6.07, 6.45) is 55.5. The van der Waals surface area contributed by atoms with E-state index in [1.54, 1.807) is 0 Å². The summed E-state index contributed by atoms with van der Waals surface area (Å²) in [5, 5.41) is 14.0. The van der Waals surface area contributed by atoms with Crippen LogP contribution in [0.2, 0.25) is 0 Å². The summed E-state index contributed by atoms with van der Waals surface area (Å²) in [6.45, 7) is 4.91. The Morgan fingerprint density at radius 2 is 0.857 bits per heavy atom. The molecule has 0 aliphatic carbocycles. The zero-order valence-electron chi connectivity index (χ0n) is 42.8. The third-order valence-corrected chi connectivity index (χ3v) is 13.7. The number of carbonyl (C=O) groups excluding carboxylic acids is 1. The zero-order valence-corrected chi connectivity index (χ0v) is 43.7. The van der Waals surface area contributed by atoms with E-state index in [0.717, 1.165) is 51.4 Å². The molecule has 376 valence electrons. The predicted octanol–water partition coefficient (Wildman–Crippen LogP) is 16.3. The molecule has 3 atom stereocenters. The molecule has 0 aromatic rings. The number of phosphoric acid groups is 1. The Morgan fingerprint density at radius 3 is 1.22 bits per heavy atom. The number of rotatable bonds is 51. The van der Waals surface area contributed by atoms with E-state index >= 15 is 0 Å². The highest BCUT2D eigenvalue weighted by Gasteiger charge is 2.28. The predicted molar refractivity (Wildman–Crippen MR) is 272 cm³/mol. The normalized spacial score (nSPS) is 14.1. The molecule has 0 rings (SSSR count). The Kier molecular flexibility index (Phi) is 45.8. The van der Waals surface area contributed by atoms with Gasteiger partial charge in [0.25, 0.3) is 0 Å². The molecule has 0 fully saturated rings. The molecule has 1 amide bonds. The van der Waals surface area contributed by atoms with Crippen LogP contribution in [0.1, 0.15) is 277 Å². The number of quaternary nitrogens is 1. The maximum absolute atomic E-state index is 12.9. The number of aliphatic hydroxyl groups excluding tert-OH is 1. The molecule has 0 aliphatic rings. The van der Waals surface area contributed by atoms with Crippen molar-refractivity contribution >= 4 is 13.7 Å². The average Bonchev–Trinajstić information content (AvgIpc) is 3.24. The largest absolute Gasteiger partial charge is 0.472 e. The molecule has 0 bridgehead atoms. The highest BCUT2D eigenvalue weighted by Crippen LogP contribution is 2.43. The maximum atomic E-state index is 12.9. The van der Waals surface area contributed by atoms with Crippen LogP contribution in [-0.2, 0) is 18.4 Å². The topological polar surface area (TPSA) is 105 Å². The number of likely N-dealkylation sites (N-methyl/N-ethyl adjacent to an activating group) is 1. The van der Waals surface area contributed by atoms with Gasteiger partial charge in [0.15, 0.2) is 0 Å². The number of nitrogens with one attached hydrogen (secondary N) is 1. The van der Waals surface area contributed by atoms with Crippen molar-refractivity contribution in [3.63, 3.8) is 0 Å². The molecule has 0 aromatic carbocycles. The lowest BCUT2D eigenvalue weighted by atomic mass is 10.0. The van der Waals surface area contributed by atoms with Crippen molar-refractivity contribution in [1.82, 2.24) is 5.32 Å². The number of hydrogen-bond acceptors (Lipinski definition) is 5. The Labute approximate surface area is 392 Å². The summed E-state index contributed by atoms with van der Waals surface area (Å²) in [5.74, 6) is -0.149. The summed E-state index contributed by atoms with van der Waals surface area (Å²) in [4.78, 5) is 23.3. The van der Waals surface area contributed by atoms with E-state index in [1.165, 1.54) is 199 Å². The first-order valence-corrected chi connectivity index (χ1v) is 29.0. The van der Waals surface area contributed by atoms with Crippen molar-refractivity contribution in [2.24, 2.45) is 0 Å². The lowest BCUT2D eigenvalue weighted by molar-refractivity contribution is -0.870. The Hall–Kier alpha value is -0.760. The third kappa shape index (κ3) is 49.0. The van der Waals surface area contributed by atoms with Gasteiger partial charge in [-0.05, 0) is 38.5 Å². The molecule has 63 heavy (non-hydrogen) atoms. The van der Waals surface area contributed by atoms with Gasteiger partial charge in [0.2, 0.25) is 5.91 Å². The minimum Gasteiger partial charge on any atom is -0.391 e. The molecule has 3 unspecified atom stereocenters. The van der Waals surface area contributed by atoms with Crippen molar-refractivity contribution in [3.8, 4) is 0 Å². The van der Waals surface area contributed by atoms with Crippen molar-refractivity contribution < 1.29 is 32.9 Å². The molecule has 9 heteroatoms. The van der Waals surface area contributed by atoms with E-state index in [2.05, 4.69) is 31.3 Å². The molecule has 0 saturated heterocycles. The van der Waals surface area contributed by atoms with Crippen molar-refractivity contribution in [2.45, 2.75) is 289 Å². The van der Waals surface area contributed by atoms with E-state index in [0.29, 0.717) is 23.9 Å². The van der Waals surface area contributed by atoms with Crippen LogP contribution in [0, 0.1) is 0 Å². The highest BCUT2D eigenvalue weighted by atomic mass is 31.2. The summed E-state index contributed by atoms with van der Waals surface area (Å²) in [5.41, 5.74) is 0. The van der Waals surface area contributed by atoms with Gasteiger partial charge in [0.1, 0.15) is 13.2 Å². The Morgan fingerprint density at radius 1 is 0.524 bits per heavy atom. The molecule has 8 nitrogen and oxygen atoms in total. The zero-order chi connectivity index (χ0) is 46.4. The van der Waals surface area contributed by atoms with E-state index < -0.39 is 20.0 Å². The van der Waals surface area contributed by atoms with Gasteiger partial charge in [0, 0.05) is 6.42 Å². The van der Waals surface area contributed by atoms with Crippen molar-refractivity contribution in [3.05, 3.63) is 12.2 Å². The number of allylic oxidation sites excluding steroid dienone is 2. The third-order valence-electron chi connectivity index (χ3n) is 12.8. The van der Waals surface area contributed by atoms with Gasteiger partial charge in [-0.15, -0.1) is 0 Å². The smallest absolute Gasteiger partial charge is 0.391 e. The molecular weight excluding hydrogens is 804 g/mol.